The number of nitrogens with zero attached hydrogens (tertiary/aromatic N) is 1. The highest BCUT2D eigenvalue weighted by Crippen LogP contribution is 2.06. The summed E-state index contributed by atoms with van der Waals surface area (Å²) < 4.78 is 0. The average molecular weight is 193 g/mol. The number of pyridine rings is 1. The van der Waals surface area contributed by atoms with Gasteiger partial charge in [-0.1, -0.05) is 6.92 Å². The molecule has 0 fully saturated rings. The zero-order valence-corrected chi connectivity index (χ0v) is 9.01. The number of aromatic nitrogens is 1. The Morgan fingerprint density at radius 1 is 1.36 bits per heavy atom. The Labute approximate surface area is 85.9 Å². The molecule has 78 valence electrons. The summed E-state index contributed by atoms with van der Waals surface area (Å²) in [5.41, 5.74) is 2.22. The first kappa shape index (κ1) is 11.0. The average Bonchev–Trinajstić information content (AvgIpc) is 2.18. The molecule has 14 heavy (non-hydrogen) atoms. The largest absolute Gasteiger partial charge is 0.385 e. The van der Waals surface area contributed by atoms with Crippen molar-refractivity contribution in [2.75, 3.05) is 25.0 Å². The van der Waals surface area contributed by atoms with E-state index in [0.717, 1.165) is 37.4 Å². The van der Waals surface area contributed by atoms with Gasteiger partial charge >= 0.3 is 0 Å². The van der Waals surface area contributed by atoms with Crippen LogP contribution in [-0.2, 0) is 0 Å². The van der Waals surface area contributed by atoms with Crippen LogP contribution in [-0.4, -0.2) is 24.6 Å². The summed E-state index contributed by atoms with van der Waals surface area (Å²) in [6, 6.07) is 4.06. The van der Waals surface area contributed by atoms with Gasteiger partial charge in [-0.15, -0.1) is 0 Å². The molecule has 0 bridgehead atoms. The molecule has 0 saturated heterocycles. The number of anilines is 1. The third-order valence-corrected chi connectivity index (χ3v) is 2.01. The lowest BCUT2D eigenvalue weighted by atomic mass is 10.3. The predicted octanol–water partition coefficient (Wildman–Crippen LogP) is 1.80. The van der Waals surface area contributed by atoms with Crippen LogP contribution in [0.25, 0.3) is 0 Å². The smallest absolute Gasteiger partial charge is 0.0393 e. The fourth-order valence-electron chi connectivity index (χ4n) is 1.28. The van der Waals surface area contributed by atoms with Gasteiger partial charge < -0.3 is 10.6 Å². The van der Waals surface area contributed by atoms with Crippen LogP contribution in [0.3, 0.4) is 0 Å². The summed E-state index contributed by atoms with van der Waals surface area (Å²) >= 11 is 0. The van der Waals surface area contributed by atoms with Crippen molar-refractivity contribution in [3.05, 3.63) is 24.0 Å². The lowest BCUT2D eigenvalue weighted by molar-refractivity contribution is 0.688. The molecule has 0 spiro atoms. The van der Waals surface area contributed by atoms with Crippen LogP contribution in [0.4, 0.5) is 5.69 Å². The van der Waals surface area contributed by atoms with Gasteiger partial charge in [0.15, 0.2) is 0 Å². The second kappa shape index (κ2) is 6.38. The number of hydrogen-bond donors (Lipinski definition) is 2. The Bertz CT molecular complexity index is 260. The van der Waals surface area contributed by atoms with Crippen LogP contribution in [0.15, 0.2) is 18.3 Å². The number of rotatable bonds is 6. The van der Waals surface area contributed by atoms with Crippen molar-refractivity contribution in [2.45, 2.75) is 20.3 Å². The van der Waals surface area contributed by atoms with Crippen LogP contribution in [0.2, 0.25) is 0 Å². The predicted molar refractivity (Wildman–Crippen MR) is 60.6 cm³/mol. The molecule has 0 saturated carbocycles. The van der Waals surface area contributed by atoms with Gasteiger partial charge in [0.05, 0.1) is 0 Å². The number of nitrogens with one attached hydrogen (secondary N) is 2. The van der Waals surface area contributed by atoms with E-state index in [1.54, 1.807) is 0 Å². The van der Waals surface area contributed by atoms with E-state index >= 15 is 0 Å². The standard InChI is InChI=1S/C11H19N3/c1-3-12-6-4-7-14-11-5-8-13-10(2)9-11/h5,8-9,12H,3-4,6-7H2,1-2H3,(H,13,14). The van der Waals surface area contributed by atoms with Crippen molar-refractivity contribution in [3.8, 4) is 0 Å². The minimum Gasteiger partial charge on any atom is -0.385 e. The molecule has 1 aromatic rings. The Kier molecular flexibility index (Phi) is 5.00. The molecule has 0 atom stereocenters. The summed E-state index contributed by atoms with van der Waals surface area (Å²) in [5.74, 6) is 0. The van der Waals surface area contributed by atoms with E-state index in [1.165, 1.54) is 0 Å². The highest BCUT2D eigenvalue weighted by Gasteiger charge is 1.91. The fraction of sp³-hybridized carbons (Fsp3) is 0.545. The molecule has 0 aromatic carbocycles. The molecule has 0 unspecified atom stereocenters. The third kappa shape index (κ3) is 4.23. The highest BCUT2D eigenvalue weighted by atomic mass is 14.9. The Balaban J connectivity index is 2.18. The summed E-state index contributed by atoms with van der Waals surface area (Å²) in [6.45, 7) is 7.27. The second-order valence-electron chi connectivity index (χ2n) is 3.32. The Hall–Kier alpha value is -1.09. The van der Waals surface area contributed by atoms with E-state index in [2.05, 4.69) is 28.6 Å². The summed E-state index contributed by atoms with van der Waals surface area (Å²) in [4.78, 5) is 4.15. The zero-order chi connectivity index (χ0) is 10.2. The summed E-state index contributed by atoms with van der Waals surface area (Å²) in [5, 5.41) is 6.66. The first-order chi connectivity index (χ1) is 6.83. The van der Waals surface area contributed by atoms with Crippen molar-refractivity contribution >= 4 is 5.69 Å². The van der Waals surface area contributed by atoms with Crippen LogP contribution in [0, 0.1) is 6.92 Å². The third-order valence-electron chi connectivity index (χ3n) is 2.01. The molecule has 1 heterocycles. The van der Waals surface area contributed by atoms with Crippen LogP contribution < -0.4 is 10.6 Å². The van der Waals surface area contributed by atoms with Gasteiger partial charge in [0, 0.05) is 24.1 Å². The van der Waals surface area contributed by atoms with Gasteiger partial charge in [0.1, 0.15) is 0 Å². The topological polar surface area (TPSA) is 37.0 Å². The van der Waals surface area contributed by atoms with E-state index in [9.17, 15) is 0 Å². The molecular formula is C11H19N3. The molecule has 0 radical (unpaired) electrons. The van der Waals surface area contributed by atoms with Gasteiger partial charge in [-0.2, -0.15) is 0 Å². The minimum atomic E-state index is 1.01. The SMILES string of the molecule is CCNCCCNc1ccnc(C)c1. The molecular weight excluding hydrogens is 174 g/mol. The normalized spacial score (nSPS) is 10.1. The van der Waals surface area contributed by atoms with Crippen LogP contribution in [0.1, 0.15) is 19.0 Å². The van der Waals surface area contributed by atoms with E-state index < -0.39 is 0 Å². The maximum atomic E-state index is 4.15. The van der Waals surface area contributed by atoms with Gasteiger partial charge in [-0.05, 0) is 38.6 Å². The van der Waals surface area contributed by atoms with Gasteiger partial charge in [-0.25, -0.2) is 0 Å². The van der Waals surface area contributed by atoms with E-state index in [0.29, 0.717) is 0 Å². The highest BCUT2D eigenvalue weighted by molar-refractivity contribution is 5.42. The van der Waals surface area contributed by atoms with Crippen molar-refractivity contribution in [3.63, 3.8) is 0 Å². The maximum Gasteiger partial charge on any atom is 0.0393 e. The van der Waals surface area contributed by atoms with Crippen molar-refractivity contribution < 1.29 is 0 Å². The monoisotopic (exact) mass is 193 g/mol. The lowest BCUT2D eigenvalue weighted by Crippen LogP contribution is -2.17. The van der Waals surface area contributed by atoms with Crippen molar-refractivity contribution in [1.82, 2.24) is 10.3 Å². The molecule has 0 aliphatic rings. The molecule has 1 rings (SSSR count). The first-order valence-electron chi connectivity index (χ1n) is 5.20. The lowest BCUT2D eigenvalue weighted by Gasteiger charge is -2.06. The minimum absolute atomic E-state index is 1.01. The maximum absolute atomic E-state index is 4.15. The fourth-order valence-corrected chi connectivity index (χ4v) is 1.28. The molecule has 1 aromatic heterocycles. The van der Waals surface area contributed by atoms with E-state index in [-0.39, 0.29) is 0 Å². The van der Waals surface area contributed by atoms with Crippen LogP contribution in [0.5, 0.6) is 0 Å². The van der Waals surface area contributed by atoms with Gasteiger partial charge in [-0.3, -0.25) is 4.98 Å². The Morgan fingerprint density at radius 3 is 2.93 bits per heavy atom. The first-order valence-corrected chi connectivity index (χ1v) is 5.20. The van der Waals surface area contributed by atoms with E-state index in [4.69, 9.17) is 0 Å². The van der Waals surface area contributed by atoms with E-state index in [1.807, 2.05) is 19.2 Å². The number of hydrogen-bond acceptors (Lipinski definition) is 3. The number of aryl methyl sites for hydroxylation is 1. The zero-order valence-electron chi connectivity index (χ0n) is 9.01. The molecule has 0 aliphatic heterocycles. The molecule has 0 amide bonds. The molecule has 3 nitrogen and oxygen atoms in total. The molecule has 3 heteroatoms. The summed E-state index contributed by atoms with van der Waals surface area (Å²) in [6.07, 6.45) is 2.98. The molecule has 2 N–H and O–H groups in total. The Morgan fingerprint density at radius 2 is 2.21 bits per heavy atom. The van der Waals surface area contributed by atoms with Crippen molar-refractivity contribution in [2.24, 2.45) is 0 Å². The van der Waals surface area contributed by atoms with Gasteiger partial charge in [0.2, 0.25) is 0 Å². The van der Waals surface area contributed by atoms with Crippen molar-refractivity contribution in [1.29, 1.82) is 0 Å². The second-order valence-corrected chi connectivity index (χ2v) is 3.32. The molecule has 0 aliphatic carbocycles. The quantitative estimate of drug-likeness (QED) is 0.676. The van der Waals surface area contributed by atoms with Crippen LogP contribution >= 0.6 is 0 Å². The summed E-state index contributed by atoms with van der Waals surface area (Å²) in [7, 11) is 0. The van der Waals surface area contributed by atoms with Gasteiger partial charge in [0.25, 0.3) is 0 Å².